The number of carbonyl (C=O) groups excluding carboxylic acids is 1. The molecule has 1 atom stereocenters. The van der Waals surface area contributed by atoms with Gasteiger partial charge in [0.2, 0.25) is 0 Å². The van der Waals surface area contributed by atoms with E-state index < -0.39 is 4.92 Å². The largest absolute Gasteiger partial charge is 0.466 e. The molecule has 0 radical (unpaired) electrons. The molecular weight excluding hydrogens is 310 g/mol. The van der Waals surface area contributed by atoms with E-state index in [1.807, 2.05) is 0 Å². The molecule has 126 valence electrons. The summed E-state index contributed by atoms with van der Waals surface area (Å²) in [4.78, 5) is 29.3. The normalized spacial score (nSPS) is 17.7. The number of carbonyl (C=O) groups is 1. The summed E-state index contributed by atoms with van der Waals surface area (Å²) in [5, 5.41) is 11.7. The summed E-state index contributed by atoms with van der Waals surface area (Å²) < 4.78 is 5.13. The Bertz CT molecular complexity index is 778. The lowest BCUT2D eigenvalue weighted by Crippen LogP contribution is -2.39. The van der Waals surface area contributed by atoms with Crippen LogP contribution in [-0.2, 0) is 9.53 Å². The minimum absolute atomic E-state index is 0.0424. The van der Waals surface area contributed by atoms with E-state index in [1.165, 1.54) is 6.07 Å². The molecule has 0 N–H and O–H groups in total. The van der Waals surface area contributed by atoms with E-state index in [2.05, 4.69) is 9.88 Å². The summed E-state index contributed by atoms with van der Waals surface area (Å²) in [6, 6.07) is 6.63. The molecule has 0 saturated carbocycles. The molecule has 1 aromatic carbocycles. The van der Waals surface area contributed by atoms with Crippen LogP contribution in [0.25, 0.3) is 10.9 Å². The Kier molecular flexibility index (Phi) is 4.59. The average Bonchev–Trinajstić information content (AvgIpc) is 2.61. The number of anilines is 1. The second kappa shape index (κ2) is 6.82. The van der Waals surface area contributed by atoms with Crippen molar-refractivity contribution in [2.24, 2.45) is 5.92 Å². The first-order valence-corrected chi connectivity index (χ1v) is 8.05. The summed E-state index contributed by atoms with van der Waals surface area (Å²) in [5.41, 5.74) is 1.46. The molecule has 3 rings (SSSR count). The monoisotopic (exact) mass is 329 g/mol. The van der Waals surface area contributed by atoms with Gasteiger partial charge in [-0.1, -0.05) is 0 Å². The molecule has 7 nitrogen and oxygen atoms in total. The van der Waals surface area contributed by atoms with Crippen LogP contribution in [0.2, 0.25) is 0 Å². The number of esters is 1. The molecular formula is C17H19N3O4. The number of non-ortho nitro benzene ring substituents is 1. The van der Waals surface area contributed by atoms with E-state index in [9.17, 15) is 14.9 Å². The number of pyridine rings is 1. The van der Waals surface area contributed by atoms with Crippen molar-refractivity contribution in [3.8, 4) is 0 Å². The van der Waals surface area contributed by atoms with Gasteiger partial charge in [0.1, 0.15) is 5.52 Å². The van der Waals surface area contributed by atoms with Crippen LogP contribution >= 0.6 is 0 Å². The third-order valence-corrected chi connectivity index (χ3v) is 4.30. The minimum Gasteiger partial charge on any atom is -0.466 e. The number of benzene rings is 1. The quantitative estimate of drug-likeness (QED) is 0.487. The molecule has 0 unspecified atom stereocenters. The van der Waals surface area contributed by atoms with Gasteiger partial charge in [-0.25, -0.2) is 0 Å². The number of hydrogen-bond acceptors (Lipinski definition) is 6. The Balaban J connectivity index is 1.96. The highest BCUT2D eigenvalue weighted by Crippen LogP contribution is 2.34. The van der Waals surface area contributed by atoms with E-state index in [4.69, 9.17) is 4.74 Å². The number of piperidine rings is 1. The number of nitro groups is 1. The predicted molar refractivity (Wildman–Crippen MR) is 90.0 cm³/mol. The first-order valence-electron chi connectivity index (χ1n) is 8.05. The fourth-order valence-corrected chi connectivity index (χ4v) is 3.21. The highest BCUT2D eigenvalue weighted by molar-refractivity contribution is 5.97. The first-order chi connectivity index (χ1) is 11.6. The molecule has 0 aliphatic carbocycles. The maximum atomic E-state index is 12.0. The molecule has 1 saturated heterocycles. The van der Waals surface area contributed by atoms with Crippen molar-refractivity contribution in [3.63, 3.8) is 0 Å². The van der Waals surface area contributed by atoms with E-state index >= 15 is 0 Å². The molecule has 2 heterocycles. The summed E-state index contributed by atoms with van der Waals surface area (Å²) in [5.74, 6) is -0.353. The van der Waals surface area contributed by atoms with Gasteiger partial charge in [0, 0.05) is 25.4 Å². The molecule has 0 amide bonds. The van der Waals surface area contributed by atoms with Gasteiger partial charge >= 0.3 is 5.97 Å². The number of aromatic nitrogens is 1. The van der Waals surface area contributed by atoms with E-state index in [-0.39, 0.29) is 17.6 Å². The zero-order valence-corrected chi connectivity index (χ0v) is 13.5. The second-order valence-electron chi connectivity index (χ2n) is 5.80. The van der Waals surface area contributed by atoms with Crippen molar-refractivity contribution in [1.82, 2.24) is 4.98 Å². The molecule has 1 aromatic heterocycles. The van der Waals surface area contributed by atoms with Crippen molar-refractivity contribution < 1.29 is 14.5 Å². The maximum absolute atomic E-state index is 12.0. The smallest absolute Gasteiger partial charge is 0.310 e. The van der Waals surface area contributed by atoms with Crippen LogP contribution in [0.1, 0.15) is 19.8 Å². The zero-order chi connectivity index (χ0) is 17.1. The molecule has 7 heteroatoms. The fourth-order valence-electron chi connectivity index (χ4n) is 3.21. The Morgan fingerprint density at radius 1 is 1.46 bits per heavy atom. The number of nitro benzene ring substituents is 1. The van der Waals surface area contributed by atoms with Gasteiger partial charge in [0.15, 0.2) is 0 Å². The van der Waals surface area contributed by atoms with Gasteiger partial charge in [0.25, 0.3) is 5.69 Å². The zero-order valence-electron chi connectivity index (χ0n) is 13.5. The molecule has 0 bridgehead atoms. The lowest BCUT2D eigenvalue weighted by Gasteiger charge is -2.33. The Hall–Kier alpha value is -2.70. The minimum atomic E-state index is -0.397. The SMILES string of the molecule is CCOC(=O)[C@H]1CCCN(c2ccc([N+](=O)[O-])c3cccnc23)C1. The van der Waals surface area contributed by atoms with Crippen molar-refractivity contribution in [2.45, 2.75) is 19.8 Å². The van der Waals surface area contributed by atoms with Gasteiger partial charge < -0.3 is 9.64 Å². The van der Waals surface area contributed by atoms with E-state index in [0.29, 0.717) is 24.1 Å². The Morgan fingerprint density at radius 3 is 3.04 bits per heavy atom. The van der Waals surface area contributed by atoms with Gasteiger partial charge in [-0.15, -0.1) is 0 Å². The molecule has 2 aromatic rings. The number of ether oxygens (including phenoxy) is 1. The van der Waals surface area contributed by atoms with Crippen LogP contribution in [0.15, 0.2) is 30.5 Å². The van der Waals surface area contributed by atoms with Gasteiger partial charge in [-0.3, -0.25) is 19.9 Å². The number of rotatable bonds is 4. The van der Waals surface area contributed by atoms with Crippen molar-refractivity contribution in [1.29, 1.82) is 0 Å². The molecule has 0 spiro atoms. The summed E-state index contributed by atoms with van der Waals surface area (Å²) >= 11 is 0. The van der Waals surface area contributed by atoms with Crippen molar-refractivity contribution >= 4 is 28.2 Å². The van der Waals surface area contributed by atoms with Gasteiger partial charge in [0.05, 0.1) is 28.5 Å². The van der Waals surface area contributed by atoms with Crippen LogP contribution in [0.5, 0.6) is 0 Å². The lowest BCUT2D eigenvalue weighted by molar-refractivity contribution is -0.383. The van der Waals surface area contributed by atoms with Gasteiger partial charge in [-0.05, 0) is 38.0 Å². The standard InChI is InChI=1S/C17H19N3O4/c1-2-24-17(21)12-5-4-10-19(11-12)15-8-7-14(20(22)23)13-6-3-9-18-16(13)15/h3,6-9,12H,2,4-5,10-11H2,1H3/t12-/m0/s1. The average molecular weight is 329 g/mol. The molecule has 24 heavy (non-hydrogen) atoms. The Labute approximate surface area is 139 Å². The van der Waals surface area contributed by atoms with Crippen molar-refractivity contribution in [3.05, 3.63) is 40.6 Å². The predicted octanol–water partition coefficient (Wildman–Crippen LogP) is 2.92. The summed E-state index contributed by atoms with van der Waals surface area (Å²) in [6.45, 7) is 3.51. The molecule has 1 fully saturated rings. The fraction of sp³-hybridized carbons (Fsp3) is 0.412. The molecule has 1 aliphatic rings. The van der Waals surface area contributed by atoms with Crippen molar-refractivity contribution in [2.75, 3.05) is 24.6 Å². The number of fused-ring (bicyclic) bond motifs is 1. The third-order valence-electron chi connectivity index (χ3n) is 4.30. The molecule has 1 aliphatic heterocycles. The summed E-state index contributed by atoms with van der Waals surface area (Å²) in [6.07, 6.45) is 3.30. The lowest BCUT2D eigenvalue weighted by atomic mass is 9.97. The van der Waals surface area contributed by atoms with Crippen LogP contribution in [-0.4, -0.2) is 35.6 Å². The Morgan fingerprint density at radius 2 is 2.29 bits per heavy atom. The van der Waals surface area contributed by atoms with Crippen LogP contribution in [0, 0.1) is 16.0 Å². The van der Waals surface area contributed by atoms with Crippen LogP contribution in [0.3, 0.4) is 0 Å². The number of hydrogen-bond donors (Lipinski definition) is 0. The topological polar surface area (TPSA) is 85.6 Å². The number of nitrogens with zero attached hydrogens (tertiary/aromatic N) is 3. The van der Waals surface area contributed by atoms with E-state index in [1.54, 1.807) is 31.3 Å². The highest BCUT2D eigenvalue weighted by atomic mass is 16.6. The van der Waals surface area contributed by atoms with E-state index in [0.717, 1.165) is 25.1 Å². The third kappa shape index (κ3) is 3.02. The van der Waals surface area contributed by atoms with Crippen LogP contribution in [0.4, 0.5) is 11.4 Å². The summed E-state index contributed by atoms with van der Waals surface area (Å²) in [7, 11) is 0. The van der Waals surface area contributed by atoms with Gasteiger partial charge in [-0.2, -0.15) is 0 Å². The van der Waals surface area contributed by atoms with Crippen LogP contribution < -0.4 is 4.90 Å². The first kappa shape index (κ1) is 16.2. The maximum Gasteiger partial charge on any atom is 0.310 e. The highest BCUT2D eigenvalue weighted by Gasteiger charge is 2.28. The second-order valence-corrected chi connectivity index (χ2v) is 5.80.